The van der Waals surface area contributed by atoms with E-state index in [4.69, 9.17) is 5.11 Å². The minimum atomic E-state index is -0.799. The van der Waals surface area contributed by atoms with Crippen LogP contribution in [-0.4, -0.2) is 45.9 Å². The number of hydrogen-bond acceptors (Lipinski definition) is 5. The minimum absolute atomic E-state index is 0.124. The third-order valence-corrected chi connectivity index (χ3v) is 4.77. The molecule has 1 fully saturated rings. The van der Waals surface area contributed by atoms with Gasteiger partial charge in [-0.2, -0.15) is 0 Å². The summed E-state index contributed by atoms with van der Waals surface area (Å²) in [4.78, 5) is 41.0. The maximum atomic E-state index is 12.5. The molecule has 0 spiro atoms. The molecule has 0 atom stereocenters. The van der Waals surface area contributed by atoms with Crippen molar-refractivity contribution >= 4 is 34.8 Å². The number of amides is 2. The van der Waals surface area contributed by atoms with Gasteiger partial charge < -0.3 is 15.3 Å². The Morgan fingerprint density at radius 3 is 2.40 bits per heavy atom. The second-order valence-electron chi connectivity index (χ2n) is 5.81. The number of carbonyl (C=O) groups excluding carboxylic acids is 2. The summed E-state index contributed by atoms with van der Waals surface area (Å²) in [5, 5.41) is 13.4. The SMILES string of the molecule is O=C(Nc1ccc(C(=O)N2CCC(C(=O)O)CC2)cc1)c1cscn1. The van der Waals surface area contributed by atoms with E-state index in [1.807, 2.05) is 0 Å². The topological polar surface area (TPSA) is 99.6 Å². The lowest BCUT2D eigenvalue weighted by Gasteiger charge is -2.30. The van der Waals surface area contributed by atoms with Gasteiger partial charge in [-0.25, -0.2) is 4.98 Å². The lowest BCUT2D eigenvalue weighted by atomic mass is 9.96. The number of hydrogen-bond donors (Lipinski definition) is 2. The average molecular weight is 359 g/mol. The zero-order valence-electron chi connectivity index (χ0n) is 13.3. The largest absolute Gasteiger partial charge is 0.481 e. The number of aromatic nitrogens is 1. The average Bonchev–Trinajstić information content (AvgIpc) is 3.17. The van der Waals surface area contributed by atoms with Gasteiger partial charge in [0, 0.05) is 29.7 Å². The van der Waals surface area contributed by atoms with Crippen LogP contribution >= 0.6 is 11.3 Å². The van der Waals surface area contributed by atoms with Crippen LogP contribution in [0.4, 0.5) is 5.69 Å². The molecule has 2 heterocycles. The van der Waals surface area contributed by atoms with E-state index in [0.29, 0.717) is 42.9 Å². The van der Waals surface area contributed by atoms with E-state index < -0.39 is 5.97 Å². The molecule has 25 heavy (non-hydrogen) atoms. The molecule has 130 valence electrons. The molecule has 1 aliphatic heterocycles. The molecule has 0 radical (unpaired) electrons. The van der Waals surface area contributed by atoms with Crippen LogP contribution in [0.1, 0.15) is 33.7 Å². The number of likely N-dealkylation sites (tertiary alicyclic amines) is 1. The summed E-state index contributed by atoms with van der Waals surface area (Å²) in [7, 11) is 0. The van der Waals surface area contributed by atoms with E-state index in [1.54, 1.807) is 40.1 Å². The second-order valence-corrected chi connectivity index (χ2v) is 6.53. The van der Waals surface area contributed by atoms with E-state index in [0.717, 1.165) is 0 Å². The molecule has 1 saturated heterocycles. The number of benzene rings is 1. The van der Waals surface area contributed by atoms with E-state index >= 15 is 0 Å². The molecule has 1 aromatic heterocycles. The fourth-order valence-electron chi connectivity index (χ4n) is 2.73. The Bertz CT molecular complexity index is 766. The van der Waals surface area contributed by atoms with E-state index in [1.165, 1.54) is 11.3 Å². The Morgan fingerprint density at radius 2 is 1.84 bits per heavy atom. The summed E-state index contributed by atoms with van der Waals surface area (Å²) in [5.41, 5.74) is 3.04. The number of nitrogens with one attached hydrogen (secondary N) is 1. The Hall–Kier alpha value is -2.74. The van der Waals surface area contributed by atoms with Crippen LogP contribution in [0, 0.1) is 5.92 Å². The van der Waals surface area contributed by atoms with E-state index in [2.05, 4.69) is 10.3 Å². The molecule has 7 nitrogen and oxygen atoms in total. The third-order valence-electron chi connectivity index (χ3n) is 4.19. The molecule has 8 heteroatoms. The number of piperidine rings is 1. The Labute approximate surface area is 148 Å². The molecule has 0 bridgehead atoms. The number of carbonyl (C=O) groups is 3. The monoisotopic (exact) mass is 359 g/mol. The van der Waals surface area contributed by atoms with Crippen LogP contribution in [0.25, 0.3) is 0 Å². The van der Waals surface area contributed by atoms with Crippen molar-refractivity contribution in [1.29, 1.82) is 0 Å². The van der Waals surface area contributed by atoms with Crippen molar-refractivity contribution in [3.05, 3.63) is 46.4 Å². The molecule has 1 aliphatic rings. The Balaban J connectivity index is 1.59. The smallest absolute Gasteiger partial charge is 0.306 e. The van der Waals surface area contributed by atoms with Crippen molar-refractivity contribution in [1.82, 2.24) is 9.88 Å². The van der Waals surface area contributed by atoms with Gasteiger partial charge in [-0.05, 0) is 37.1 Å². The standard InChI is InChI=1S/C17H17N3O4S/c21-15(14-9-25-10-18-14)19-13-3-1-11(2-4-13)16(22)20-7-5-12(6-8-20)17(23)24/h1-4,9-10,12H,5-8H2,(H,19,21)(H,23,24). The zero-order chi connectivity index (χ0) is 17.8. The highest BCUT2D eigenvalue weighted by Crippen LogP contribution is 2.20. The summed E-state index contributed by atoms with van der Waals surface area (Å²) in [6.45, 7) is 0.885. The van der Waals surface area contributed by atoms with Gasteiger partial charge in [-0.15, -0.1) is 11.3 Å². The lowest BCUT2D eigenvalue weighted by molar-refractivity contribution is -0.143. The van der Waals surface area contributed by atoms with Crippen molar-refractivity contribution in [2.24, 2.45) is 5.92 Å². The predicted molar refractivity (Wildman–Crippen MR) is 92.8 cm³/mol. The first kappa shape index (κ1) is 17.1. The number of carboxylic acids is 1. The predicted octanol–water partition coefficient (Wildman–Crippen LogP) is 2.33. The van der Waals surface area contributed by atoms with Crippen molar-refractivity contribution < 1.29 is 19.5 Å². The molecule has 0 unspecified atom stereocenters. The van der Waals surface area contributed by atoms with Crippen LogP contribution in [0.15, 0.2) is 35.2 Å². The van der Waals surface area contributed by atoms with Gasteiger partial charge in [-0.3, -0.25) is 14.4 Å². The zero-order valence-corrected chi connectivity index (χ0v) is 14.2. The molecule has 2 N–H and O–H groups in total. The van der Waals surface area contributed by atoms with Crippen LogP contribution in [-0.2, 0) is 4.79 Å². The molecular formula is C17H17N3O4S. The van der Waals surface area contributed by atoms with Gasteiger partial charge in [0.15, 0.2) is 0 Å². The fourth-order valence-corrected chi connectivity index (χ4v) is 3.26. The maximum absolute atomic E-state index is 12.5. The van der Waals surface area contributed by atoms with Crippen molar-refractivity contribution in [2.45, 2.75) is 12.8 Å². The first-order valence-electron chi connectivity index (χ1n) is 7.86. The van der Waals surface area contributed by atoms with Gasteiger partial charge >= 0.3 is 5.97 Å². The molecule has 0 saturated carbocycles. The molecule has 0 aliphatic carbocycles. The van der Waals surface area contributed by atoms with E-state index in [9.17, 15) is 14.4 Å². The summed E-state index contributed by atoms with van der Waals surface area (Å²) in [6.07, 6.45) is 0.950. The minimum Gasteiger partial charge on any atom is -0.481 e. The molecular weight excluding hydrogens is 342 g/mol. The van der Waals surface area contributed by atoms with Crippen LogP contribution in [0.5, 0.6) is 0 Å². The van der Waals surface area contributed by atoms with Crippen LogP contribution in [0.2, 0.25) is 0 Å². The van der Waals surface area contributed by atoms with Gasteiger partial charge in [0.2, 0.25) is 0 Å². The van der Waals surface area contributed by atoms with Gasteiger partial charge in [0.25, 0.3) is 11.8 Å². The van der Waals surface area contributed by atoms with Crippen molar-refractivity contribution in [3.8, 4) is 0 Å². The number of thiazole rings is 1. The van der Waals surface area contributed by atoms with Crippen molar-refractivity contribution in [3.63, 3.8) is 0 Å². The highest BCUT2D eigenvalue weighted by atomic mass is 32.1. The molecule has 2 aromatic rings. The first-order valence-corrected chi connectivity index (χ1v) is 8.80. The molecule has 2 amide bonds. The quantitative estimate of drug-likeness (QED) is 0.873. The second kappa shape index (κ2) is 7.43. The number of nitrogens with zero attached hydrogens (tertiary/aromatic N) is 2. The lowest BCUT2D eigenvalue weighted by Crippen LogP contribution is -2.40. The van der Waals surface area contributed by atoms with Crippen molar-refractivity contribution in [2.75, 3.05) is 18.4 Å². The summed E-state index contributed by atoms with van der Waals surface area (Å²) >= 11 is 1.34. The molecule has 1 aromatic carbocycles. The summed E-state index contributed by atoms with van der Waals surface area (Å²) in [5.74, 6) is -1.59. The molecule has 3 rings (SSSR count). The number of carboxylic acid groups (broad SMARTS) is 1. The summed E-state index contributed by atoms with van der Waals surface area (Å²) < 4.78 is 0. The van der Waals surface area contributed by atoms with Gasteiger partial charge in [0.05, 0.1) is 11.4 Å². The first-order chi connectivity index (χ1) is 12.0. The maximum Gasteiger partial charge on any atom is 0.306 e. The summed E-state index contributed by atoms with van der Waals surface area (Å²) in [6, 6.07) is 6.65. The number of anilines is 1. The number of aliphatic carboxylic acids is 1. The third kappa shape index (κ3) is 4.03. The highest BCUT2D eigenvalue weighted by Gasteiger charge is 2.27. The normalized spacial score (nSPS) is 15.0. The van der Waals surface area contributed by atoms with Gasteiger partial charge in [-0.1, -0.05) is 0 Å². The number of rotatable bonds is 4. The fraction of sp³-hybridized carbons (Fsp3) is 0.294. The Kier molecular flexibility index (Phi) is 5.08. The Morgan fingerprint density at radius 1 is 1.16 bits per heavy atom. The highest BCUT2D eigenvalue weighted by molar-refractivity contribution is 7.07. The van der Waals surface area contributed by atoms with Crippen LogP contribution in [0.3, 0.4) is 0 Å². The van der Waals surface area contributed by atoms with E-state index in [-0.39, 0.29) is 17.7 Å². The van der Waals surface area contributed by atoms with Crippen LogP contribution < -0.4 is 5.32 Å². The van der Waals surface area contributed by atoms with Gasteiger partial charge in [0.1, 0.15) is 5.69 Å².